The number of ether oxygens (including phenoxy) is 1. The second-order valence-corrected chi connectivity index (χ2v) is 4.71. The van der Waals surface area contributed by atoms with Crippen LogP contribution in [0.1, 0.15) is 24.1 Å². The van der Waals surface area contributed by atoms with Crippen LogP contribution < -0.4 is 10.1 Å². The zero-order chi connectivity index (χ0) is 15.5. The number of rotatable bonds is 4. The van der Waals surface area contributed by atoms with Crippen molar-refractivity contribution in [3.63, 3.8) is 0 Å². The number of hydrogen-bond donors (Lipinski definition) is 1. The maximum atomic E-state index is 12.5. The first kappa shape index (κ1) is 15.2. The highest BCUT2D eigenvalue weighted by Gasteiger charge is 2.29. The van der Waals surface area contributed by atoms with Crippen LogP contribution >= 0.6 is 0 Å². The van der Waals surface area contributed by atoms with E-state index in [0.717, 1.165) is 23.4 Å². The molecule has 0 aliphatic rings. The topological polar surface area (TPSA) is 21.3 Å². The van der Waals surface area contributed by atoms with Gasteiger partial charge in [0.15, 0.2) is 0 Å². The van der Waals surface area contributed by atoms with Gasteiger partial charge in [0, 0.05) is 11.7 Å². The Morgan fingerprint density at radius 2 is 1.52 bits per heavy atom. The molecule has 0 saturated carbocycles. The molecule has 21 heavy (non-hydrogen) atoms. The molecular formula is C16H16F3NO. The van der Waals surface area contributed by atoms with Gasteiger partial charge >= 0.3 is 6.18 Å². The van der Waals surface area contributed by atoms with Crippen LogP contribution in [-0.2, 0) is 6.18 Å². The lowest BCUT2D eigenvalue weighted by molar-refractivity contribution is -0.137. The molecule has 0 heterocycles. The highest BCUT2D eigenvalue weighted by Crippen LogP contribution is 2.30. The molecule has 0 amide bonds. The van der Waals surface area contributed by atoms with Gasteiger partial charge in [0.1, 0.15) is 5.75 Å². The lowest BCUT2D eigenvalue weighted by Crippen LogP contribution is -2.08. The van der Waals surface area contributed by atoms with Gasteiger partial charge in [0.2, 0.25) is 0 Å². The third kappa shape index (κ3) is 3.90. The van der Waals surface area contributed by atoms with E-state index in [-0.39, 0.29) is 6.04 Å². The summed E-state index contributed by atoms with van der Waals surface area (Å²) in [4.78, 5) is 0. The van der Waals surface area contributed by atoms with E-state index in [2.05, 4.69) is 5.32 Å². The van der Waals surface area contributed by atoms with Gasteiger partial charge in [-0.2, -0.15) is 13.2 Å². The van der Waals surface area contributed by atoms with Crippen molar-refractivity contribution in [2.75, 3.05) is 12.4 Å². The molecule has 5 heteroatoms. The van der Waals surface area contributed by atoms with Gasteiger partial charge in [0.05, 0.1) is 12.7 Å². The SMILES string of the molecule is COc1ccc(C(C)Nc2ccc(C(F)(F)F)cc2)cc1. The molecule has 0 saturated heterocycles. The van der Waals surface area contributed by atoms with Crippen LogP contribution in [0.25, 0.3) is 0 Å². The Morgan fingerprint density at radius 3 is 2.00 bits per heavy atom. The molecule has 2 rings (SSSR count). The number of alkyl halides is 3. The van der Waals surface area contributed by atoms with Crippen LogP contribution in [0.15, 0.2) is 48.5 Å². The molecule has 2 nitrogen and oxygen atoms in total. The fourth-order valence-electron chi connectivity index (χ4n) is 1.98. The monoisotopic (exact) mass is 295 g/mol. The molecule has 1 atom stereocenters. The fraction of sp³-hybridized carbons (Fsp3) is 0.250. The van der Waals surface area contributed by atoms with E-state index < -0.39 is 11.7 Å². The molecular weight excluding hydrogens is 279 g/mol. The van der Waals surface area contributed by atoms with E-state index in [1.54, 1.807) is 7.11 Å². The number of benzene rings is 2. The minimum absolute atomic E-state index is 0.0207. The average molecular weight is 295 g/mol. The summed E-state index contributed by atoms with van der Waals surface area (Å²) in [5, 5.41) is 3.17. The van der Waals surface area contributed by atoms with Gasteiger partial charge in [-0.05, 0) is 48.9 Å². The number of anilines is 1. The third-order valence-corrected chi connectivity index (χ3v) is 3.21. The molecule has 0 aromatic heterocycles. The van der Waals surface area contributed by atoms with Crippen molar-refractivity contribution in [1.82, 2.24) is 0 Å². The lowest BCUT2D eigenvalue weighted by Gasteiger charge is -2.16. The number of nitrogens with one attached hydrogen (secondary N) is 1. The normalized spacial score (nSPS) is 12.8. The van der Waals surface area contributed by atoms with Crippen molar-refractivity contribution in [3.05, 3.63) is 59.7 Å². The minimum Gasteiger partial charge on any atom is -0.497 e. The average Bonchev–Trinajstić information content (AvgIpc) is 2.47. The highest BCUT2D eigenvalue weighted by molar-refractivity contribution is 5.47. The van der Waals surface area contributed by atoms with E-state index in [4.69, 9.17) is 4.74 Å². The summed E-state index contributed by atoms with van der Waals surface area (Å²) in [6.07, 6.45) is -4.31. The lowest BCUT2D eigenvalue weighted by atomic mass is 10.1. The van der Waals surface area contributed by atoms with Crippen LogP contribution in [0.4, 0.5) is 18.9 Å². The first-order chi connectivity index (χ1) is 9.90. The van der Waals surface area contributed by atoms with Crippen LogP contribution in [0, 0.1) is 0 Å². The maximum absolute atomic E-state index is 12.5. The minimum atomic E-state index is -4.31. The Bertz CT molecular complexity index is 576. The molecule has 112 valence electrons. The molecule has 1 N–H and O–H groups in total. The molecule has 0 radical (unpaired) electrons. The smallest absolute Gasteiger partial charge is 0.416 e. The van der Waals surface area contributed by atoms with Crippen molar-refractivity contribution in [3.8, 4) is 5.75 Å². The second kappa shape index (κ2) is 6.08. The highest BCUT2D eigenvalue weighted by atomic mass is 19.4. The van der Waals surface area contributed by atoms with E-state index >= 15 is 0 Å². The van der Waals surface area contributed by atoms with Crippen molar-refractivity contribution in [1.29, 1.82) is 0 Å². The van der Waals surface area contributed by atoms with Crippen LogP contribution in [0.2, 0.25) is 0 Å². The van der Waals surface area contributed by atoms with Crippen molar-refractivity contribution in [2.45, 2.75) is 19.1 Å². The largest absolute Gasteiger partial charge is 0.497 e. The first-order valence-electron chi connectivity index (χ1n) is 6.48. The molecule has 0 aliphatic carbocycles. The summed E-state index contributed by atoms with van der Waals surface area (Å²) in [5.41, 5.74) is 1.02. The summed E-state index contributed by atoms with van der Waals surface area (Å²) >= 11 is 0. The quantitative estimate of drug-likeness (QED) is 0.867. The molecule has 2 aromatic carbocycles. The van der Waals surface area contributed by atoms with E-state index in [1.165, 1.54) is 12.1 Å². The summed E-state index contributed by atoms with van der Waals surface area (Å²) in [5.74, 6) is 0.764. The Kier molecular flexibility index (Phi) is 4.40. The molecule has 0 bridgehead atoms. The Labute approximate surface area is 121 Å². The second-order valence-electron chi connectivity index (χ2n) is 4.71. The number of hydrogen-bond acceptors (Lipinski definition) is 2. The predicted octanol–water partition coefficient (Wildman–Crippen LogP) is 4.89. The van der Waals surface area contributed by atoms with Gasteiger partial charge in [-0.3, -0.25) is 0 Å². The van der Waals surface area contributed by atoms with Gasteiger partial charge in [0.25, 0.3) is 0 Å². The van der Waals surface area contributed by atoms with Gasteiger partial charge < -0.3 is 10.1 Å². The van der Waals surface area contributed by atoms with E-state index in [0.29, 0.717) is 5.69 Å². The Hall–Kier alpha value is -2.17. The summed E-state index contributed by atoms with van der Waals surface area (Å²) in [7, 11) is 1.60. The summed E-state index contributed by atoms with van der Waals surface area (Å²) < 4.78 is 42.5. The number of methoxy groups -OCH3 is 1. The van der Waals surface area contributed by atoms with Crippen LogP contribution in [0.5, 0.6) is 5.75 Å². The van der Waals surface area contributed by atoms with E-state index in [1.807, 2.05) is 31.2 Å². The summed E-state index contributed by atoms with van der Waals surface area (Å²) in [6, 6.07) is 12.5. The Balaban J connectivity index is 2.06. The first-order valence-corrected chi connectivity index (χ1v) is 6.48. The van der Waals surface area contributed by atoms with Crippen molar-refractivity contribution in [2.24, 2.45) is 0 Å². The molecule has 0 aliphatic heterocycles. The van der Waals surface area contributed by atoms with Crippen molar-refractivity contribution >= 4 is 5.69 Å². The van der Waals surface area contributed by atoms with Crippen LogP contribution in [-0.4, -0.2) is 7.11 Å². The van der Waals surface area contributed by atoms with Crippen LogP contribution in [0.3, 0.4) is 0 Å². The number of halogens is 3. The zero-order valence-corrected chi connectivity index (χ0v) is 11.7. The third-order valence-electron chi connectivity index (χ3n) is 3.21. The molecule has 0 spiro atoms. The van der Waals surface area contributed by atoms with Gasteiger partial charge in [-0.1, -0.05) is 12.1 Å². The van der Waals surface area contributed by atoms with Crippen molar-refractivity contribution < 1.29 is 17.9 Å². The van der Waals surface area contributed by atoms with Gasteiger partial charge in [-0.15, -0.1) is 0 Å². The van der Waals surface area contributed by atoms with E-state index in [9.17, 15) is 13.2 Å². The maximum Gasteiger partial charge on any atom is 0.416 e. The molecule has 1 unspecified atom stereocenters. The summed E-state index contributed by atoms with van der Waals surface area (Å²) in [6.45, 7) is 1.94. The fourth-order valence-corrected chi connectivity index (χ4v) is 1.98. The predicted molar refractivity (Wildman–Crippen MR) is 76.5 cm³/mol. The standard InChI is InChI=1S/C16H16F3NO/c1-11(12-3-9-15(21-2)10-4-12)20-14-7-5-13(6-8-14)16(17,18)19/h3-11,20H,1-2H3. The Morgan fingerprint density at radius 1 is 0.952 bits per heavy atom. The molecule has 2 aromatic rings. The zero-order valence-electron chi connectivity index (χ0n) is 11.7. The van der Waals surface area contributed by atoms with Gasteiger partial charge in [-0.25, -0.2) is 0 Å². The molecule has 0 fully saturated rings.